The average molecular weight is 779 g/mol. The molecule has 6 heteroatoms. The van der Waals surface area contributed by atoms with E-state index in [1.54, 1.807) is 0 Å². The maximum Gasteiger partial charge on any atom is 0.306 e. The standard InChI is InChI=1S/C49H94O6/c1-43(2)35-29-23-17-13-11-9-7-8-10-12-14-19-26-32-38-47(50)53-41-46(42-54-48(51)39-33-27-22-21-25-31-37-45(5)6)55-49(52)40-34-28-20-16-15-18-24-30-36-44(3)4/h43-46H,7-42H2,1-6H3/t46-/m1/s1. The summed E-state index contributed by atoms with van der Waals surface area (Å²) in [6.45, 7) is 13.6. The molecule has 0 saturated heterocycles. The highest BCUT2D eigenvalue weighted by atomic mass is 16.6. The Hall–Kier alpha value is -1.59. The Balaban J connectivity index is 4.26. The second kappa shape index (κ2) is 40.6. The fourth-order valence-corrected chi connectivity index (χ4v) is 7.23. The Labute approximate surface area is 342 Å². The topological polar surface area (TPSA) is 78.9 Å². The van der Waals surface area contributed by atoms with Gasteiger partial charge < -0.3 is 14.2 Å². The third-order valence-electron chi connectivity index (χ3n) is 10.9. The number of hydrogen-bond acceptors (Lipinski definition) is 6. The predicted molar refractivity (Wildman–Crippen MR) is 233 cm³/mol. The summed E-state index contributed by atoms with van der Waals surface area (Å²) in [6.07, 6.45) is 38.2. The molecule has 6 nitrogen and oxygen atoms in total. The average Bonchev–Trinajstić information content (AvgIpc) is 3.13. The molecule has 0 unspecified atom stereocenters. The number of esters is 3. The van der Waals surface area contributed by atoms with Crippen LogP contribution in [0.2, 0.25) is 0 Å². The number of carbonyl (C=O) groups is 3. The molecule has 0 fully saturated rings. The summed E-state index contributed by atoms with van der Waals surface area (Å²) < 4.78 is 16.7. The highest BCUT2D eigenvalue weighted by Gasteiger charge is 2.19. The van der Waals surface area contributed by atoms with E-state index >= 15 is 0 Å². The van der Waals surface area contributed by atoms with Crippen molar-refractivity contribution >= 4 is 17.9 Å². The Kier molecular flexibility index (Phi) is 39.4. The predicted octanol–water partition coefficient (Wildman–Crippen LogP) is 15.2. The molecule has 55 heavy (non-hydrogen) atoms. The second-order valence-electron chi connectivity index (χ2n) is 18.2. The first-order chi connectivity index (χ1) is 26.6. The van der Waals surface area contributed by atoms with Crippen LogP contribution < -0.4 is 0 Å². The molecule has 0 radical (unpaired) electrons. The fourth-order valence-electron chi connectivity index (χ4n) is 7.23. The number of hydrogen-bond donors (Lipinski definition) is 0. The maximum atomic E-state index is 12.7. The summed E-state index contributed by atoms with van der Waals surface area (Å²) in [7, 11) is 0. The van der Waals surface area contributed by atoms with Crippen LogP contribution in [0.3, 0.4) is 0 Å². The van der Waals surface area contributed by atoms with Gasteiger partial charge in [-0.15, -0.1) is 0 Å². The molecular weight excluding hydrogens is 685 g/mol. The van der Waals surface area contributed by atoms with Crippen molar-refractivity contribution in [2.75, 3.05) is 13.2 Å². The van der Waals surface area contributed by atoms with Crippen LogP contribution in [-0.4, -0.2) is 37.2 Å². The number of carbonyl (C=O) groups excluding carboxylic acids is 3. The lowest BCUT2D eigenvalue weighted by molar-refractivity contribution is -0.167. The van der Waals surface area contributed by atoms with Crippen LogP contribution >= 0.6 is 0 Å². The molecule has 1 atom stereocenters. The van der Waals surface area contributed by atoms with E-state index in [4.69, 9.17) is 14.2 Å². The quantitative estimate of drug-likeness (QED) is 0.0349. The number of rotatable bonds is 42. The van der Waals surface area contributed by atoms with Crippen molar-refractivity contribution in [2.24, 2.45) is 17.8 Å². The highest BCUT2D eigenvalue weighted by molar-refractivity contribution is 5.71. The molecule has 0 bridgehead atoms. The van der Waals surface area contributed by atoms with E-state index in [1.165, 1.54) is 141 Å². The molecule has 0 rings (SSSR count). The minimum Gasteiger partial charge on any atom is -0.462 e. The zero-order valence-corrected chi connectivity index (χ0v) is 37.7. The van der Waals surface area contributed by atoms with Gasteiger partial charge in [0.05, 0.1) is 0 Å². The van der Waals surface area contributed by atoms with E-state index in [2.05, 4.69) is 41.5 Å². The molecule has 0 N–H and O–H groups in total. The van der Waals surface area contributed by atoms with Gasteiger partial charge in [-0.3, -0.25) is 14.4 Å². The highest BCUT2D eigenvalue weighted by Crippen LogP contribution is 2.17. The maximum absolute atomic E-state index is 12.7. The first-order valence-electron chi connectivity index (χ1n) is 24.1. The van der Waals surface area contributed by atoms with Crippen LogP contribution in [0.1, 0.15) is 260 Å². The van der Waals surface area contributed by atoms with Gasteiger partial charge in [0.15, 0.2) is 6.10 Å². The molecule has 0 saturated carbocycles. The Morgan fingerprint density at radius 2 is 0.527 bits per heavy atom. The van der Waals surface area contributed by atoms with Crippen molar-refractivity contribution in [1.82, 2.24) is 0 Å². The van der Waals surface area contributed by atoms with Crippen molar-refractivity contribution in [1.29, 1.82) is 0 Å². The summed E-state index contributed by atoms with van der Waals surface area (Å²) in [5.41, 5.74) is 0. The van der Waals surface area contributed by atoms with Crippen molar-refractivity contribution in [3.8, 4) is 0 Å². The minimum atomic E-state index is -0.762. The molecule has 0 aliphatic rings. The van der Waals surface area contributed by atoms with Gasteiger partial charge in [0.25, 0.3) is 0 Å². The fraction of sp³-hybridized carbons (Fsp3) is 0.939. The molecule has 0 aromatic carbocycles. The van der Waals surface area contributed by atoms with Gasteiger partial charge in [-0.2, -0.15) is 0 Å². The van der Waals surface area contributed by atoms with Crippen molar-refractivity contribution in [3.63, 3.8) is 0 Å². The third kappa shape index (κ3) is 43.4. The van der Waals surface area contributed by atoms with E-state index in [9.17, 15) is 14.4 Å². The van der Waals surface area contributed by atoms with E-state index < -0.39 is 6.10 Å². The van der Waals surface area contributed by atoms with E-state index in [0.29, 0.717) is 19.3 Å². The molecule has 0 aliphatic carbocycles. The lowest BCUT2D eigenvalue weighted by atomic mass is 10.0. The summed E-state index contributed by atoms with van der Waals surface area (Å²) in [5, 5.41) is 0. The monoisotopic (exact) mass is 779 g/mol. The van der Waals surface area contributed by atoms with E-state index in [0.717, 1.165) is 75.5 Å². The Bertz CT molecular complexity index is 852. The lowest BCUT2D eigenvalue weighted by Gasteiger charge is -2.18. The van der Waals surface area contributed by atoms with Crippen LogP contribution in [0, 0.1) is 17.8 Å². The van der Waals surface area contributed by atoms with Gasteiger partial charge in [0.2, 0.25) is 0 Å². The summed E-state index contributed by atoms with van der Waals surface area (Å²) in [6, 6.07) is 0. The number of unbranched alkanes of at least 4 members (excludes halogenated alkanes) is 25. The summed E-state index contributed by atoms with van der Waals surface area (Å²) in [5.74, 6) is 1.54. The van der Waals surface area contributed by atoms with Crippen molar-refractivity contribution in [2.45, 2.75) is 266 Å². The van der Waals surface area contributed by atoms with Crippen molar-refractivity contribution < 1.29 is 28.6 Å². The molecule has 0 aliphatic heterocycles. The zero-order chi connectivity index (χ0) is 40.6. The van der Waals surface area contributed by atoms with Crippen LogP contribution in [0.25, 0.3) is 0 Å². The van der Waals surface area contributed by atoms with Crippen LogP contribution in [-0.2, 0) is 28.6 Å². The number of ether oxygens (including phenoxy) is 3. The van der Waals surface area contributed by atoms with E-state index in [1.807, 2.05) is 0 Å². The van der Waals surface area contributed by atoms with Crippen LogP contribution in [0.5, 0.6) is 0 Å². The Morgan fingerprint density at radius 3 is 0.782 bits per heavy atom. The first-order valence-corrected chi connectivity index (χ1v) is 24.1. The van der Waals surface area contributed by atoms with Crippen LogP contribution in [0.15, 0.2) is 0 Å². The molecule has 0 spiro atoms. The molecule has 326 valence electrons. The van der Waals surface area contributed by atoms with Gasteiger partial charge in [0.1, 0.15) is 13.2 Å². The van der Waals surface area contributed by atoms with Crippen molar-refractivity contribution in [3.05, 3.63) is 0 Å². The summed E-state index contributed by atoms with van der Waals surface area (Å²) in [4.78, 5) is 37.7. The molecule has 0 amide bonds. The largest absolute Gasteiger partial charge is 0.462 e. The molecular formula is C49H94O6. The SMILES string of the molecule is CC(C)CCCCCCCCCCCCCCCCC(=O)OC[C@H](COC(=O)CCCCCCCCC(C)C)OC(=O)CCCCCCCCCCC(C)C. The second-order valence-corrected chi connectivity index (χ2v) is 18.2. The molecule has 0 aromatic heterocycles. The van der Waals surface area contributed by atoms with Gasteiger partial charge in [0, 0.05) is 19.3 Å². The third-order valence-corrected chi connectivity index (χ3v) is 10.9. The minimum absolute atomic E-state index is 0.0663. The zero-order valence-electron chi connectivity index (χ0n) is 37.7. The Morgan fingerprint density at radius 1 is 0.309 bits per heavy atom. The molecule has 0 heterocycles. The smallest absolute Gasteiger partial charge is 0.306 e. The van der Waals surface area contributed by atoms with Gasteiger partial charge >= 0.3 is 17.9 Å². The van der Waals surface area contributed by atoms with Crippen LogP contribution in [0.4, 0.5) is 0 Å². The normalized spacial score (nSPS) is 12.2. The van der Waals surface area contributed by atoms with Gasteiger partial charge in [-0.1, -0.05) is 221 Å². The van der Waals surface area contributed by atoms with Gasteiger partial charge in [-0.05, 0) is 37.0 Å². The van der Waals surface area contributed by atoms with Gasteiger partial charge in [-0.25, -0.2) is 0 Å². The first kappa shape index (κ1) is 53.4. The lowest BCUT2D eigenvalue weighted by Crippen LogP contribution is -2.30. The molecule has 0 aromatic rings. The summed E-state index contributed by atoms with van der Waals surface area (Å²) >= 11 is 0. The van der Waals surface area contributed by atoms with E-state index in [-0.39, 0.29) is 31.1 Å².